The largest absolute Gasteiger partial charge is 0.506 e. The van der Waals surface area contributed by atoms with Gasteiger partial charge in [0.2, 0.25) is 23.7 Å². The second-order valence-electron chi connectivity index (χ2n) is 12.2. The highest BCUT2D eigenvalue weighted by molar-refractivity contribution is 7.94. The van der Waals surface area contributed by atoms with Gasteiger partial charge in [0.05, 0.1) is 51.9 Å². The second-order valence-corrected chi connectivity index (χ2v) is 18.9. The summed E-state index contributed by atoms with van der Waals surface area (Å²) < 4.78 is 134. The van der Waals surface area contributed by atoms with Crippen LogP contribution in [0, 0.1) is 11.5 Å². The molecule has 5 aromatic rings. The van der Waals surface area contributed by atoms with Crippen molar-refractivity contribution in [3.05, 3.63) is 90.0 Å². The molecule has 29 nitrogen and oxygen atoms in total. The third-order valence-corrected chi connectivity index (χ3v) is 12.3. The Kier molecular flexibility index (Phi) is 15.8. The number of aromatic carboxylic acids is 1. The average molecular weight is 1010 g/mol. The van der Waals surface area contributed by atoms with Crippen LogP contribution in [0.15, 0.2) is 114 Å². The molecular weight excluding hydrogens is 987 g/mol. The quantitative estimate of drug-likeness (QED) is 0.00611. The van der Waals surface area contributed by atoms with Crippen molar-refractivity contribution in [2.45, 2.75) is 19.6 Å². The molecule has 34 heteroatoms. The highest BCUT2D eigenvalue weighted by Crippen LogP contribution is 2.37. The molecule has 10 N–H and O–H groups in total. The first-order valence-corrected chi connectivity index (χ1v) is 23.7. The molecule has 0 radical (unpaired) electrons. The zero-order chi connectivity index (χ0) is 48.5. The standard InChI is InChI=1S/C32H27N11O18S5/c33-16-34-30-37-31(35-21-9-7-19(13-26(21)64(50,51)52)63(48,49)11-10-59-66(56,57)58)39-32(38-30)36-24-14-25(44)23(15-27(24)65(53,54)55)41-43-28(17-4-2-1-3-5-17)42-40-22-12-18(62-61-60-47)6-8-20(22)29(45)46/h1-9,12-15,40,44,47H,10-11H2,(H,45,46)(H,50,51,52)(H,53,54,55)(H,56,57,58)(H3,34,35,36,37,38,39)/b42-28-,43-41?. The molecule has 348 valence electrons. The Morgan fingerprint density at radius 1 is 0.788 bits per heavy atom. The molecule has 0 aliphatic carbocycles. The Morgan fingerprint density at radius 3 is 2.03 bits per heavy atom. The lowest BCUT2D eigenvalue weighted by Gasteiger charge is -2.14. The van der Waals surface area contributed by atoms with Gasteiger partial charge in [-0.1, -0.05) is 35.4 Å². The fraction of sp³-hybridized carbons (Fsp3) is 0.0625. The second kappa shape index (κ2) is 20.9. The van der Waals surface area contributed by atoms with Gasteiger partial charge in [0, 0.05) is 16.5 Å². The van der Waals surface area contributed by atoms with Gasteiger partial charge >= 0.3 is 16.4 Å². The number of carboxylic acids is 1. The minimum Gasteiger partial charge on any atom is -0.506 e. The number of anilines is 6. The fourth-order valence-corrected chi connectivity index (χ4v) is 8.32. The monoisotopic (exact) mass is 1010 g/mol. The molecule has 1 aromatic heterocycles. The molecule has 0 unspecified atom stereocenters. The van der Waals surface area contributed by atoms with Crippen molar-refractivity contribution in [2.24, 2.45) is 15.3 Å². The number of phenolic OH excluding ortho intramolecular Hbond substituents is 1. The predicted molar refractivity (Wildman–Crippen MR) is 225 cm³/mol. The van der Waals surface area contributed by atoms with Crippen LogP contribution in [0.2, 0.25) is 0 Å². The number of hydrazone groups is 1. The van der Waals surface area contributed by atoms with Crippen LogP contribution in [0.5, 0.6) is 5.75 Å². The number of benzene rings is 4. The summed E-state index contributed by atoms with van der Waals surface area (Å²) in [6, 6.07) is 15.1. The van der Waals surface area contributed by atoms with Crippen LogP contribution in [-0.2, 0) is 54.0 Å². The number of amidine groups is 1. The number of azo groups is 1. The van der Waals surface area contributed by atoms with Crippen LogP contribution >= 0.6 is 12.0 Å². The Hall–Kier alpha value is -7.01. The summed E-state index contributed by atoms with van der Waals surface area (Å²) in [6.45, 7) is -1.07. The van der Waals surface area contributed by atoms with Gasteiger partial charge in [-0.05, 0) is 42.5 Å². The summed E-state index contributed by atoms with van der Waals surface area (Å²) in [4.78, 5) is 20.9. The van der Waals surface area contributed by atoms with E-state index in [1.54, 1.807) is 18.2 Å². The maximum absolute atomic E-state index is 12.7. The maximum atomic E-state index is 12.7. The van der Waals surface area contributed by atoms with Crippen molar-refractivity contribution < 1.29 is 81.1 Å². The van der Waals surface area contributed by atoms with Crippen molar-refractivity contribution in [2.75, 3.05) is 33.7 Å². The zero-order valence-electron chi connectivity index (χ0n) is 32.2. The molecule has 1 heterocycles. The molecule has 4 aromatic carbocycles. The molecule has 66 heavy (non-hydrogen) atoms. The van der Waals surface area contributed by atoms with Crippen molar-refractivity contribution in [1.82, 2.24) is 15.0 Å². The Bertz CT molecular complexity index is 3230. The first kappa shape index (κ1) is 50.0. The first-order chi connectivity index (χ1) is 31.0. The number of phenols is 1. The molecule has 5 rings (SSSR count). The van der Waals surface area contributed by atoms with E-state index in [1.807, 2.05) is 5.32 Å². The van der Waals surface area contributed by atoms with Gasteiger partial charge in [-0.15, -0.1) is 14.6 Å². The number of hydrogen-bond acceptors (Lipinski definition) is 25. The molecule has 0 saturated carbocycles. The van der Waals surface area contributed by atoms with E-state index in [1.165, 1.54) is 36.5 Å². The van der Waals surface area contributed by atoms with E-state index in [0.717, 1.165) is 18.2 Å². The lowest BCUT2D eigenvalue weighted by atomic mass is 10.2. The minimum absolute atomic E-state index is 0.110. The van der Waals surface area contributed by atoms with E-state index in [2.05, 4.69) is 59.9 Å². The summed E-state index contributed by atoms with van der Waals surface area (Å²) in [5.74, 6) is -5.45. The van der Waals surface area contributed by atoms with Crippen LogP contribution in [-0.4, -0.2) is 102 Å². The number of carboxylic acid groups (broad SMARTS) is 1. The Morgan fingerprint density at radius 2 is 1.42 bits per heavy atom. The van der Waals surface area contributed by atoms with E-state index >= 15 is 0 Å². The summed E-state index contributed by atoms with van der Waals surface area (Å²) in [5.41, 5.74) is 0.565. The van der Waals surface area contributed by atoms with Gasteiger partial charge in [0.15, 0.2) is 16.0 Å². The summed E-state index contributed by atoms with van der Waals surface area (Å²) in [6.07, 6.45) is 1.49. The zero-order valence-corrected chi connectivity index (χ0v) is 36.3. The van der Waals surface area contributed by atoms with Gasteiger partial charge in [-0.2, -0.15) is 50.6 Å². The van der Waals surface area contributed by atoms with E-state index in [9.17, 15) is 63.0 Å². The normalized spacial score (nSPS) is 12.4. The summed E-state index contributed by atoms with van der Waals surface area (Å²) in [5, 5.41) is 60.7. The van der Waals surface area contributed by atoms with E-state index in [-0.39, 0.29) is 27.5 Å². The molecule has 0 saturated heterocycles. The van der Waals surface area contributed by atoms with Crippen molar-refractivity contribution in [3.8, 4) is 11.9 Å². The van der Waals surface area contributed by atoms with Gasteiger partial charge in [-0.3, -0.25) is 24.4 Å². The highest BCUT2D eigenvalue weighted by Gasteiger charge is 2.25. The third kappa shape index (κ3) is 13.7. The fourth-order valence-electron chi connectivity index (χ4n) is 5.02. The molecule has 0 fully saturated rings. The predicted octanol–water partition coefficient (Wildman–Crippen LogP) is 3.73. The Balaban J connectivity index is 1.51. The van der Waals surface area contributed by atoms with E-state index in [4.69, 9.17) is 9.81 Å². The number of nitrogens with zero attached hydrogens (tertiary/aromatic N) is 7. The van der Waals surface area contributed by atoms with Crippen LogP contribution in [0.4, 0.5) is 40.6 Å². The number of hydrogen-bond donors (Lipinski definition) is 10. The number of sulfone groups is 1. The molecule has 0 aliphatic rings. The Labute approximate surface area is 375 Å². The average Bonchev–Trinajstić information content (AvgIpc) is 3.22. The van der Waals surface area contributed by atoms with E-state index in [0.29, 0.717) is 24.2 Å². The molecule has 0 spiro atoms. The lowest BCUT2D eigenvalue weighted by molar-refractivity contribution is -0.432. The number of nitriles is 1. The van der Waals surface area contributed by atoms with Crippen molar-refractivity contribution in [3.63, 3.8) is 0 Å². The lowest BCUT2D eigenvalue weighted by Crippen LogP contribution is -2.16. The third-order valence-electron chi connectivity index (χ3n) is 7.77. The number of rotatable bonds is 20. The number of nitrogens with one attached hydrogen (secondary N) is 4. The molecule has 0 amide bonds. The van der Waals surface area contributed by atoms with E-state index < -0.39 is 114 Å². The molecule has 0 atom stereocenters. The van der Waals surface area contributed by atoms with Gasteiger partial charge in [-0.25, -0.2) is 22.7 Å². The SMILES string of the molecule is N#CNc1nc(Nc2ccc(S(=O)(=O)CCOS(=O)(=O)O)cc2S(=O)(=O)O)nc(Nc2cc(O)c(N=N/C(=N\Nc3cc(SOOO)ccc3C(=O)O)c3ccccc3)cc2S(=O)(=O)O)n1. The number of aromatic nitrogens is 3. The smallest absolute Gasteiger partial charge is 0.397 e. The topological polar surface area (TPSA) is 450 Å². The molecule has 0 aliphatic heterocycles. The maximum Gasteiger partial charge on any atom is 0.397 e. The summed E-state index contributed by atoms with van der Waals surface area (Å²) >= 11 is 0.514. The van der Waals surface area contributed by atoms with Gasteiger partial charge < -0.3 is 20.8 Å². The number of aromatic hydroxyl groups is 1. The van der Waals surface area contributed by atoms with Gasteiger partial charge in [0.25, 0.3) is 20.2 Å². The highest BCUT2D eigenvalue weighted by atomic mass is 32.3. The van der Waals surface area contributed by atoms with Crippen LogP contribution in [0.25, 0.3) is 0 Å². The van der Waals surface area contributed by atoms with Gasteiger partial charge in [0.1, 0.15) is 21.2 Å². The van der Waals surface area contributed by atoms with Crippen LogP contribution < -0.4 is 21.4 Å². The van der Waals surface area contributed by atoms with Crippen LogP contribution in [0.3, 0.4) is 0 Å². The van der Waals surface area contributed by atoms with Crippen molar-refractivity contribution in [1.29, 1.82) is 5.26 Å². The number of carbonyl (C=O) groups is 1. The van der Waals surface area contributed by atoms with Crippen molar-refractivity contribution >= 4 is 105 Å². The van der Waals surface area contributed by atoms with Crippen LogP contribution in [0.1, 0.15) is 15.9 Å². The molecule has 0 bridgehead atoms. The minimum atomic E-state index is -5.28. The summed E-state index contributed by atoms with van der Waals surface area (Å²) in [7, 11) is -20.1. The first-order valence-electron chi connectivity index (χ1n) is 17.1. The molecular formula is C32H27N11O18S5.